The van der Waals surface area contributed by atoms with E-state index in [0.29, 0.717) is 17.4 Å². The molecule has 0 amide bonds. The highest BCUT2D eigenvalue weighted by Gasteiger charge is 2.14. The molecule has 0 spiro atoms. The average Bonchev–Trinajstić information content (AvgIpc) is 3.12. The van der Waals surface area contributed by atoms with Gasteiger partial charge in [0.15, 0.2) is 5.82 Å². The van der Waals surface area contributed by atoms with Crippen LogP contribution in [0.25, 0.3) is 22.2 Å². The Kier molecular flexibility index (Phi) is 3.35. The van der Waals surface area contributed by atoms with E-state index in [9.17, 15) is 0 Å². The van der Waals surface area contributed by atoms with Crippen LogP contribution >= 0.6 is 11.6 Å². The van der Waals surface area contributed by atoms with Crippen LogP contribution < -0.4 is 0 Å². The molecule has 0 aliphatic carbocycles. The molecule has 5 nitrogen and oxygen atoms in total. The molecule has 1 N–H and O–H groups in total. The van der Waals surface area contributed by atoms with Crippen molar-refractivity contribution in [1.29, 1.82) is 0 Å². The number of hydrogen-bond acceptors (Lipinski definition) is 3. The topological polar surface area (TPSA) is 59.4 Å². The average molecular weight is 324 g/mol. The summed E-state index contributed by atoms with van der Waals surface area (Å²) in [6.45, 7) is 2.39. The van der Waals surface area contributed by atoms with E-state index >= 15 is 0 Å². The lowest BCUT2D eigenvalue weighted by molar-refractivity contribution is 0.682. The molecule has 2 aromatic heterocycles. The highest BCUT2D eigenvalue weighted by molar-refractivity contribution is 6.31. The van der Waals surface area contributed by atoms with Gasteiger partial charge < -0.3 is 0 Å². The predicted molar refractivity (Wildman–Crippen MR) is 90.4 cm³/mol. The molecule has 23 heavy (non-hydrogen) atoms. The molecular weight excluding hydrogens is 310 g/mol. The molecule has 0 radical (unpaired) electrons. The van der Waals surface area contributed by atoms with Crippen molar-refractivity contribution in [2.45, 2.75) is 13.5 Å². The molecule has 2 aromatic carbocycles. The van der Waals surface area contributed by atoms with E-state index in [4.69, 9.17) is 16.7 Å². The number of nitrogens with zero attached hydrogens (tertiary/aromatic N) is 4. The highest BCUT2D eigenvalue weighted by atomic mass is 35.5. The van der Waals surface area contributed by atoms with Crippen LogP contribution in [0, 0.1) is 6.92 Å². The first-order valence-electron chi connectivity index (χ1n) is 7.30. The molecule has 0 bridgehead atoms. The Morgan fingerprint density at radius 3 is 2.70 bits per heavy atom. The van der Waals surface area contributed by atoms with E-state index in [1.165, 1.54) is 0 Å². The van der Waals surface area contributed by atoms with E-state index in [1.54, 1.807) is 0 Å². The van der Waals surface area contributed by atoms with Gasteiger partial charge in [0.2, 0.25) is 0 Å². The Balaban J connectivity index is 1.88. The maximum Gasteiger partial charge on any atom is 0.172 e. The maximum absolute atomic E-state index is 6.18. The van der Waals surface area contributed by atoms with Gasteiger partial charge in [-0.05, 0) is 25.1 Å². The Morgan fingerprint density at radius 2 is 1.96 bits per heavy atom. The highest BCUT2D eigenvalue weighted by Crippen LogP contribution is 2.30. The number of halogens is 1. The molecule has 4 aromatic rings. The molecule has 0 fully saturated rings. The van der Waals surface area contributed by atoms with Crippen molar-refractivity contribution in [3.05, 3.63) is 65.2 Å². The van der Waals surface area contributed by atoms with E-state index in [0.717, 1.165) is 28.0 Å². The van der Waals surface area contributed by atoms with Crippen molar-refractivity contribution in [3.63, 3.8) is 0 Å². The third-order valence-corrected chi connectivity index (χ3v) is 3.93. The summed E-state index contributed by atoms with van der Waals surface area (Å²) in [5.41, 5.74) is 2.98. The normalized spacial score (nSPS) is 11.2. The second-order valence-corrected chi connectivity index (χ2v) is 5.81. The summed E-state index contributed by atoms with van der Waals surface area (Å²) < 4.78 is 1.91. The second-order valence-electron chi connectivity index (χ2n) is 5.37. The largest absolute Gasteiger partial charge is 0.263 e. The molecule has 0 atom stereocenters. The zero-order chi connectivity index (χ0) is 15.8. The van der Waals surface area contributed by atoms with E-state index in [-0.39, 0.29) is 0 Å². The smallest absolute Gasteiger partial charge is 0.172 e. The molecule has 4 rings (SSSR count). The van der Waals surface area contributed by atoms with Gasteiger partial charge in [-0.2, -0.15) is 10.2 Å². The van der Waals surface area contributed by atoms with Gasteiger partial charge in [-0.25, -0.2) is 4.98 Å². The van der Waals surface area contributed by atoms with Crippen molar-refractivity contribution >= 4 is 22.5 Å². The number of aryl methyl sites for hydroxylation is 1. The number of benzene rings is 2. The minimum Gasteiger partial charge on any atom is -0.263 e. The van der Waals surface area contributed by atoms with Crippen molar-refractivity contribution in [1.82, 2.24) is 25.0 Å². The number of hydrogen-bond donors (Lipinski definition) is 1. The van der Waals surface area contributed by atoms with Crippen LogP contribution in [-0.2, 0) is 6.54 Å². The van der Waals surface area contributed by atoms with E-state index < -0.39 is 0 Å². The van der Waals surface area contributed by atoms with Gasteiger partial charge in [-0.3, -0.25) is 9.78 Å². The van der Waals surface area contributed by atoms with E-state index in [2.05, 4.69) is 15.2 Å². The van der Waals surface area contributed by atoms with Crippen molar-refractivity contribution in [2.75, 3.05) is 0 Å². The zero-order valence-corrected chi connectivity index (χ0v) is 13.2. The minimum atomic E-state index is 0.509. The third-order valence-electron chi connectivity index (χ3n) is 3.69. The molecule has 114 valence electrons. The summed E-state index contributed by atoms with van der Waals surface area (Å²) in [5.74, 6) is 1.50. The van der Waals surface area contributed by atoms with Gasteiger partial charge in [-0.15, -0.1) is 0 Å². The zero-order valence-electron chi connectivity index (χ0n) is 12.5. The summed E-state index contributed by atoms with van der Waals surface area (Å²) >= 11 is 6.18. The first-order chi connectivity index (χ1) is 11.2. The van der Waals surface area contributed by atoms with Crippen LogP contribution in [-0.4, -0.2) is 25.0 Å². The van der Waals surface area contributed by atoms with Crippen LogP contribution in [0.15, 0.2) is 48.5 Å². The van der Waals surface area contributed by atoms with Gasteiger partial charge in [0.25, 0.3) is 0 Å². The Bertz CT molecular complexity index is 971. The molecule has 0 saturated heterocycles. The van der Waals surface area contributed by atoms with Crippen molar-refractivity contribution in [3.8, 4) is 11.3 Å². The number of H-pyrrole nitrogens is 1. The van der Waals surface area contributed by atoms with Crippen LogP contribution in [0.1, 0.15) is 11.6 Å². The van der Waals surface area contributed by atoms with Gasteiger partial charge in [0.05, 0.1) is 5.52 Å². The van der Waals surface area contributed by atoms with Gasteiger partial charge in [-0.1, -0.05) is 41.9 Å². The standard InChI is InChI=1S/C17H14ClN5/c1-11-19-16(21-20-11)10-23-15-8-7-13(18)9-14(15)17(22-23)12-5-3-2-4-6-12/h2-9H,10H2,1H3,(H,19,20,21). The summed E-state index contributed by atoms with van der Waals surface area (Å²) in [4.78, 5) is 4.36. The fourth-order valence-electron chi connectivity index (χ4n) is 2.67. The summed E-state index contributed by atoms with van der Waals surface area (Å²) in [7, 11) is 0. The van der Waals surface area contributed by atoms with Crippen LogP contribution in [0.3, 0.4) is 0 Å². The summed E-state index contributed by atoms with van der Waals surface area (Å²) in [5, 5.41) is 13.5. The monoisotopic (exact) mass is 323 g/mol. The number of aromatic nitrogens is 5. The van der Waals surface area contributed by atoms with Crippen molar-refractivity contribution < 1.29 is 0 Å². The SMILES string of the molecule is Cc1nc(Cn2nc(-c3ccccc3)c3cc(Cl)ccc32)n[nH]1. The lowest BCUT2D eigenvalue weighted by Crippen LogP contribution is -2.03. The van der Waals surface area contributed by atoms with Gasteiger partial charge >= 0.3 is 0 Å². The minimum absolute atomic E-state index is 0.509. The van der Waals surface area contributed by atoms with Crippen LogP contribution in [0.2, 0.25) is 5.02 Å². The van der Waals surface area contributed by atoms with Crippen LogP contribution in [0.4, 0.5) is 0 Å². The van der Waals surface area contributed by atoms with Crippen molar-refractivity contribution in [2.24, 2.45) is 0 Å². The Labute approximate surface area is 137 Å². The first-order valence-corrected chi connectivity index (χ1v) is 7.68. The summed E-state index contributed by atoms with van der Waals surface area (Å²) in [6.07, 6.45) is 0. The molecule has 6 heteroatoms. The fourth-order valence-corrected chi connectivity index (χ4v) is 2.85. The van der Waals surface area contributed by atoms with Gasteiger partial charge in [0.1, 0.15) is 18.1 Å². The van der Waals surface area contributed by atoms with E-state index in [1.807, 2.05) is 60.1 Å². The quantitative estimate of drug-likeness (QED) is 0.623. The molecule has 0 aliphatic rings. The molecular formula is C17H14ClN5. The first kappa shape index (κ1) is 14.0. The number of rotatable bonds is 3. The second kappa shape index (κ2) is 5.52. The Hall–Kier alpha value is -2.66. The maximum atomic E-state index is 6.18. The fraction of sp³-hybridized carbons (Fsp3) is 0.118. The summed E-state index contributed by atoms with van der Waals surface area (Å²) in [6, 6.07) is 15.9. The lowest BCUT2D eigenvalue weighted by Gasteiger charge is -1.99. The Morgan fingerprint density at radius 1 is 1.13 bits per heavy atom. The molecule has 0 saturated carbocycles. The molecule has 0 aliphatic heterocycles. The number of fused-ring (bicyclic) bond motifs is 1. The number of aromatic amines is 1. The molecule has 0 unspecified atom stereocenters. The lowest BCUT2D eigenvalue weighted by atomic mass is 10.1. The molecule has 2 heterocycles. The third kappa shape index (κ3) is 2.59. The van der Waals surface area contributed by atoms with Gasteiger partial charge in [0, 0.05) is 16.0 Å². The predicted octanol–water partition coefficient (Wildman–Crippen LogP) is 3.83. The number of nitrogens with one attached hydrogen (secondary N) is 1. The van der Waals surface area contributed by atoms with Crippen LogP contribution in [0.5, 0.6) is 0 Å².